The highest BCUT2D eigenvalue weighted by Gasteiger charge is 2.38. The quantitative estimate of drug-likeness (QED) is 0.801. The Bertz CT molecular complexity index is 687. The molecule has 0 radical (unpaired) electrons. The number of benzene rings is 1. The fourth-order valence-electron chi connectivity index (χ4n) is 4.22. The normalized spacial score (nSPS) is 21.7. The van der Waals surface area contributed by atoms with E-state index in [1.54, 1.807) is 0 Å². The van der Waals surface area contributed by atoms with Crippen LogP contribution in [0.1, 0.15) is 43.2 Å². The number of hydrogen-bond donors (Lipinski definition) is 0. The molecule has 2 aliphatic heterocycles. The molecule has 2 amide bonds. The Labute approximate surface area is 161 Å². The van der Waals surface area contributed by atoms with Crippen molar-refractivity contribution in [1.82, 2.24) is 9.80 Å². The molecule has 146 valence electrons. The molecule has 2 saturated heterocycles. The van der Waals surface area contributed by atoms with E-state index >= 15 is 0 Å². The second kappa shape index (κ2) is 8.01. The van der Waals surface area contributed by atoms with Gasteiger partial charge in [-0.25, -0.2) is 0 Å². The number of ether oxygens (including phenoxy) is 1. The van der Waals surface area contributed by atoms with Crippen molar-refractivity contribution in [2.45, 2.75) is 51.7 Å². The van der Waals surface area contributed by atoms with Crippen molar-refractivity contribution in [2.75, 3.05) is 26.2 Å². The number of carbonyl (C=O) groups excluding carboxylic acids is 2. The first-order valence-corrected chi connectivity index (χ1v) is 10.4. The van der Waals surface area contributed by atoms with Gasteiger partial charge in [-0.3, -0.25) is 9.59 Å². The fraction of sp³-hybridized carbons (Fsp3) is 0.636. The van der Waals surface area contributed by atoms with Crippen LogP contribution < -0.4 is 0 Å². The highest BCUT2D eigenvalue weighted by atomic mass is 16.5. The fourth-order valence-corrected chi connectivity index (χ4v) is 4.22. The molecule has 4 rings (SSSR count). The molecule has 0 aromatic heterocycles. The van der Waals surface area contributed by atoms with Crippen molar-refractivity contribution >= 4 is 11.8 Å². The molecular weight excluding hydrogens is 340 g/mol. The van der Waals surface area contributed by atoms with Crippen molar-refractivity contribution in [3.8, 4) is 0 Å². The third-order valence-corrected chi connectivity index (χ3v) is 6.51. The zero-order chi connectivity index (χ0) is 18.8. The average molecular weight is 370 g/mol. The summed E-state index contributed by atoms with van der Waals surface area (Å²) in [4.78, 5) is 28.9. The first-order chi connectivity index (χ1) is 13.1. The average Bonchev–Trinajstić information content (AvgIpc) is 2.60. The van der Waals surface area contributed by atoms with Crippen molar-refractivity contribution < 1.29 is 14.3 Å². The van der Waals surface area contributed by atoms with E-state index in [0.717, 1.165) is 38.8 Å². The van der Waals surface area contributed by atoms with Crippen molar-refractivity contribution in [2.24, 2.45) is 11.8 Å². The third kappa shape index (κ3) is 4.03. The summed E-state index contributed by atoms with van der Waals surface area (Å²) in [6.07, 6.45) is 5.05. The zero-order valence-corrected chi connectivity index (χ0v) is 16.2. The molecule has 5 nitrogen and oxygen atoms in total. The Morgan fingerprint density at radius 3 is 2.22 bits per heavy atom. The van der Waals surface area contributed by atoms with Crippen LogP contribution >= 0.6 is 0 Å². The van der Waals surface area contributed by atoms with E-state index in [1.165, 1.54) is 17.5 Å². The number of aryl methyl sites for hydroxylation is 1. The summed E-state index contributed by atoms with van der Waals surface area (Å²) in [5.74, 6) is 0.911. The van der Waals surface area contributed by atoms with Crippen LogP contribution in [0.4, 0.5) is 0 Å². The van der Waals surface area contributed by atoms with Crippen LogP contribution in [0.15, 0.2) is 24.3 Å². The first-order valence-electron chi connectivity index (χ1n) is 10.4. The lowest BCUT2D eigenvalue weighted by Crippen LogP contribution is -2.57. The van der Waals surface area contributed by atoms with Gasteiger partial charge in [-0.05, 0) is 43.7 Å². The van der Waals surface area contributed by atoms with E-state index in [4.69, 9.17) is 4.74 Å². The van der Waals surface area contributed by atoms with E-state index in [0.29, 0.717) is 25.6 Å². The predicted octanol–water partition coefficient (Wildman–Crippen LogP) is 2.76. The van der Waals surface area contributed by atoms with Crippen LogP contribution in [-0.4, -0.2) is 53.9 Å². The summed E-state index contributed by atoms with van der Waals surface area (Å²) in [5.41, 5.74) is 2.46. The number of piperidine rings is 1. The number of rotatable bonds is 5. The Balaban J connectivity index is 1.17. The number of nitrogens with zero attached hydrogens (tertiary/aromatic N) is 2. The molecule has 27 heavy (non-hydrogen) atoms. The Kier molecular flexibility index (Phi) is 5.48. The molecule has 0 atom stereocenters. The van der Waals surface area contributed by atoms with Crippen LogP contribution in [0.3, 0.4) is 0 Å². The minimum atomic E-state index is 0.0766. The second-order valence-corrected chi connectivity index (χ2v) is 8.33. The van der Waals surface area contributed by atoms with Crippen LogP contribution in [0.25, 0.3) is 0 Å². The molecule has 2 heterocycles. The molecule has 1 aliphatic carbocycles. The summed E-state index contributed by atoms with van der Waals surface area (Å²) in [5, 5.41) is 0. The minimum absolute atomic E-state index is 0.0766. The largest absolute Gasteiger partial charge is 0.370 e. The van der Waals surface area contributed by atoms with Gasteiger partial charge in [0.15, 0.2) is 0 Å². The van der Waals surface area contributed by atoms with Crippen molar-refractivity contribution in [3.63, 3.8) is 0 Å². The lowest BCUT2D eigenvalue weighted by atomic mass is 9.83. The monoisotopic (exact) mass is 370 g/mol. The van der Waals surface area contributed by atoms with Gasteiger partial charge in [-0.15, -0.1) is 0 Å². The van der Waals surface area contributed by atoms with E-state index in [-0.39, 0.29) is 23.8 Å². The van der Waals surface area contributed by atoms with Crippen molar-refractivity contribution in [1.29, 1.82) is 0 Å². The van der Waals surface area contributed by atoms with Gasteiger partial charge in [0.1, 0.15) is 0 Å². The molecule has 0 N–H and O–H groups in total. The number of amides is 2. The van der Waals surface area contributed by atoms with E-state index in [2.05, 4.69) is 19.1 Å². The lowest BCUT2D eigenvalue weighted by molar-refractivity contribution is -0.153. The maximum atomic E-state index is 12.7. The molecule has 1 aromatic carbocycles. The molecule has 1 saturated carbocycles. The van der Waals surface area contributed by atoms with Gasteiger partial charge < -0.3 is 14.5 Å². The second-order valence-electron chi connectivity index (χ2n) is 8.33. The molecule has 0 unspecified atom stereocenters. The number of hydrogen-bond acceptors (Lipinski definition) is 3. The topological polar surface area (TPSA) is 49.9 Å². The van der Waals surface area contributed by atoms with Gasteiger partial charge >= 0.3 is 0 Å². The van der Waals surface area contributed by atoms with Gasteiger partial charge in [0.25, 0.3) is 0 Å². The van der Waals surface area contributed by atoms with Gasteiger partial charge in [0.2, 0.25) is 11.8 Å². The van der Waals surface area contributed by atoms with Gasteiger partial charge in [-0.2, -0.15) is 0 Å². The molecule has 3 fully saturated rings. The number of carbonyl (C=O) groups is 2. The maximum Gasteiger partial charge on any atom is 0.225 e. The summed E-state index contributed by atoms with van der Waals surface area (Å²) >= 11 is 0. The van der Waals surface area contributed by atoms with E-state index < -0.39 is 0 Å². The Morgan fingerprint density at radius 1 is 0.963 bits per heavy atom. The summed E-state index contributed by atoms with van der Waals surface area (Å²) in [6, 6.07) is 8.25. The highest BCUT2D eigenvalue weighted by Crippen LogP contribution is 2.30. The Morgan fingerprint density at radius 2 is 1.59 bits per heavy atom. The molecule has 3 aliphatic rings. The smallest absolute Gasteiger partial charge is 0.225 e. The Hall–Kier alpha value is -1.88. The first kappa shape index (κ1) is 18.5. The van der Waals surface area contributed by atoms with Crippen LogP contribution in [0.2, 0.25) is 0 Å². The predicted molar refractivity (Wildman–Crippen MR) is 103 cm³/mol. The summed E-state index contributed by atoms with van der Waals surface area (Å²) in [6.45, 7) is 5.59. The lowest BCUT2D eigenvalue weighted by Gasteiger charge is -2.42. The molecule has 1 aromatic rings. The minimum Gasteiger partial charge on any atom is -0.370 e. The molecule has 0 bridgehead atoms. The van der Waals surface area contributed by atoms with Crippen molar-refractivity contribution in [3.05, 3.63) is 35.4 Å². The van der Waals surface area contributed by atoms with Crippen LogP contribution in [0.5, 0.6) is 0 Å². The third-order valence-electron chi connectivity index (χ3n) is 6.51. The van der Waals surface area contributed by atoms with E-state index in [1.807, 2.05) is 21.9 Å². The summed E-state index contributed by atoms with van der Waals surface area (Å²) < 4.78 is 5.96. The maximum absolute atomic E-state index is 12.7. The van der Waals surface area contributed by atoms with Gasteiger partial charge in [0, 0.05) is 38.0 Å². The highest BCUT2D eigenvalue weighted by molar-refractivity contribution is 5.82. The molecule has 5 heteroatoms. The van der Waals surface area contributed by atoms with Gasteiger partial charge in [-0.1, -0.05) is 30.7 Å². The summed E-state index contributed by atoms with van der Waals surface area (Å²) in [7, 11) is 0. The molecule has 0 spiro atoms. The zero-order valence-electron chi connectivity index (χ0n) is 16.2. The van der Waals surface area contributed by atoms with Crippen LogP contribution in [0, 0.1) is 18.8 Å². The van der Waals surface area contributed by atoms with E-state index in [9.17, 15) is 9.59 Å². The molecular formula is C22H30N2O3. The number of likely N-dealkylation sites (tertiary alicyclic amines) is 2. The standard InChI is InChI=1S/C22H30N2O3/c1-16-5-2-3-6-19(16)15-27-20-13-24(14-20)22(26)18-9-11-23(12-10-18)21(25)17-7-4-8-17/h2-3,5-6,17-18,20H,4,7-15H2,1H3. The SMILES string of the molecule is Cc1ccccc1COC1CN(C(=O)C2CCN(C(=O)C3CCC3)CC2)C1. The van der Waals surface area contributed by atoms with Gasteiger partial charge in [0.05, 0.1) is 12.7 Å². The van der Waals surface area contributed by atoms with Crippen LogP contribution in [-0.2, 0) is 20.9 Å².